The number of likely N-dealkylation sites (N-methyl/N-ethyl adjacent to an activating group) is 1. The van der Waals surface area contributed by atoms with Crippen molar-refractivity contribution < 1.29 is 13.0 Å². The molecule has 0 amide bonds. The molecule has 81 valence electrons. The summed E-state index contributed by atoms with van der Waals surface area (Å²) in [6, 6.07) is 4.69. The number of nitrogens with zero attached hydrogens (tertiary/aromatic N) is 1. The van der Waals surface area contributed by atoms with Crippen LogP contribution < -0.4 is 0 Å². The molecule has 4 nitrogen and oxygen atoms in total. The smallest absolute Gasteiger partial charge is 0.294 e. The van der Waals surface area contributed by atoms with Crippen LogP contribution in [0.5, 0.6) is 0 Å². The third-order valence-corrected chi connectivity index (χ3v) is 3.36. The summed E-state index contributed by atoms with van der Waals surface area (Å²) in [7, 11) is -2.16. The van der Waals surface area contributed by atoms with E-state index < -0.39 is 10.1 Å². The Kier molecular flexibility index (Phi) is 2.54. The lowest BCUT2D eigenvalue weighted by Crippen LogP contribution is -2.24. The Balaban J connectivity index is 2.46. The highest BCUT2D eigenvalue weighted by Gasteiger charge is 2.17. The molecule has 1 aromatic rings. The van der Waals surface area contributed by atoms with Gasteiger partial charge in [-0.3, -0.25) is 9.45 Å². The number of rotatable bonds is 1. The highest BCUT2D eigenvalue weighted by Crippen LogP contribution is 2.22. The maximum absolute atomic E-state index is 10.9. The molecule has 0 saturated heterocycles. The molecule has 1 N–H and O–H groups in total. The van der Waals surface area contributed by atoms with Crippen LogP contribution in [0.25, 0.3) is 0 Å². The molecule has 1 radical (unpaired) electrons. The zero-order valence-electron chi connectivity index (χ0n) is 8.34. The topological polar surface area (TPSA) is 57.6 Å². The summed E-state index contributed by atoms with van der Waals surface area (Å²) in [6.45, 7) is 2.81. The van der Waals surface area contributed by atoms with Gasteiger partial charge in [0.05, 0.1) is 11.4 Å². The van der Waals surface area contributed by atoms with Crippen molar-refractivity contribution in [3.63, 3.8) is 0 Å². The highest BCUT2D eigenvalue weighted by atomic mass is 32.2. The van der Waals surface area contributed by atoms with Crippen LogP contribution in [-0.4, -0.2) is 31.5 Å². The fraction of sp³-hybridized carbons (Fsp3) is 0.300. The Morgan fingerprint density at radius 1 is 1.40 bits per heavy atom. The molecular weight excluding hydrogens is 214 g/mol. The van der Waals surface area contributed by atoms with Crippen molar-refractivity contribution in [2.75, 3.05) is 13.6 Å². The molecule has 0 aliphatic carbocycles. The van der Waals surface area contributed by atoms with Crippen molar-refractivity contribution in [2.24, 2.45) is 0 Å². The largest absolute Gasteiger partial charge is 0.297 e. The standard InChI is InChI=1S/C10H12NO3S/c1-11-5-4-8-2-3-10(15(12,13)14)6-9(8)7-11/h2-3,6-7H,4-5H2,1H3,(H,12,13,14). The molecule has 1 aliphatic rings. The van der Waals surface area contributed by atoms with Crippen LogP contribution >= 0.6 is 0 Å². The molecule has 0 aromatic heterocycles. The molecule has 0 fully saturated rings. The molecule has 0 unspecified atom stereocenters. The lowest BCUT2D eigenvalue weighted by molar-refractivity contribution is 0.406. The van der Waals surface area contributed by atoms with Crippen LogP contribution in [0.2, 0.25) is 0 Å². The summed E-state index contributed by atoms with van der Waals surface area (Å²) >= 11 is 0. The van der Waals surface area contributed by atoms with Crippen LogP contribution in [0.15, 0.2) is 23.1 Å². The van der Waals surface area contributed by atoms with Crippen LogP contribution in [0.4, 0.5) is 0 Å². The van der Waals surface area contributed by atoms with E-state index in [0.717, 1.165) is 24.1 Å². The first-order valence-electron chi connectivity index (χ1n) is 4.62. The summed E-state index contributed by atoms with van der Waals surface area (Å²) in [5.41, 5.74) is 1.97. The SMILES string of the molecule is CN1[CH]c2cc(S(=O)(=O)O)ccc2CC1. The zero-order valence-corrected chi connectivity index (χ0v) is 9.16. The highest BCUT2D eigenvalue weighted by molar-refractivity contribution is 7.85. The van der Waals surface area contributed by atoms with Gasteiger partial charge >= 0.3 is 0 Å². The van der Waals surface area contributed by atoms with Crippen LogP contribution in [0.1, 0.15) is 11.1 Å². The number of fused-ring (bicyclic) bond motifs is 1. The first-order chi connectivity index (χ1) is 6.97. The van der Waals surface area contributed by atoms with E-state index in [4.69, 9.17) is 4.55 Å². The molecule has 0 saturated carbocycles. The first-order valence-corrected chi connectivity index (χ1v) is 6.06. The van der Waals surface area contributed by atoms with Gasteiger partial charge in [-0.25, -0.2) is 0 Å². The van der Waals surface area contributed by atoms with Crippen molar-refractivity contribution in [2.45, 2.75) is 11.3 Å². The Hall–Kier alpha value is -0.910. The predicted octanol–water partition coefficient (Wildman–Crippen LogP) is 0.931. The van der Waals surface area contributed by atoms with E-state index in [1.807, 2.05) is 18.5 Å². The molecule has 0 spiro atoms. The normalized spacial score (nSPS) is 17.5. The van der Waals surface area contributed by atoms with E-state index in [1.54, 1.807) is 6.07 Å². The Morgan fingerprint density at radius 2 is 2.13 bits per heavy atom. The molecular formula is C10H12NO3S. The second-order valence-electron chi connectivity index (χ2n) is 3.70. The maximum Gasteiger partial charge on any atom is 0.294 e. The van der Waals surface area contributed by atoms with Crippen molar-refractivity contribution in [3.05, 3.63) is 35.9 Å². The predicted molar refractivity (Wildman–Crippen MR) is 56.0 cm³/mol. The summed E-state index contributed by atoms with van der Waals surface area (Å²) in [4.78, 5) is 1.95. The van der Waals surface area contributed by atoms with Crippen LogP contribution in [0.3, 0.4) is 0 Å². The molecule has 0 bridgehead atoms. The molecule has 5 heteroatoms. The monoisotopic (exact) mass is 226 g/mol. The zero-order chi connectivity index (χ0) is 11.1. The van der Waals surface area contributed by atoms with E-state index in [0.29, 0.717) is 0 Å². The molecule has 2 rings (SSSR count). The number of benzene rings is 1. The van der Waals surface area contributed by atoms with E-state index in [1.165, 1.54) is 12.1 Å². The third kappa shape index (κ3) is 2.19. The number of hydrogen-bond donors (Lipinski definition) is 1. The van der Waals surface area contributed by atoms with Gasteiger partial charge < -0.3 is 0 Å². The van der Waals surface area contributed by atoms with Gasteiger partial charge in [-0.05, 0) is 36.7 Å². The van der Waals surface area contributed by atoms with Crippen molar-refractivity contribution in [1.82, 2.24) is 4.90 Å². The van der Waals surface area contributed by atoms with Gasteiger partial charge in [0, 0.05) is 6.54 Å². The van der Waals surface area contributed by atoms with Crippen molar-refractivity contribution in [3.8, 4) is 0 Å². The second kappa shape index (κ2) is 3.59. The van der Waals surface area contributed by atoms with Crippen molar-refractivity contribution in [1.29, 1.82) is 0 Å². The molecule has 1 heterocycles. The molecule has 1 aromatic carbocycles. The quantitative estimate of drug-likeness (QED) is 0.724. The Labute approximate surface area is 89.3 Å². The Morgan fingerprint density at radius 3 is 2.80 bits per heavy atom. The fourth-order valence-corrected chi connectivity index (χ4v) is 2.20. The molecule has 0 atom stereocenters. The molecule has 15 heavy (non-hydrogen) atoms. The second-order valence-corrected chi connectivity index (χ2v) is 5.12. The lowest BCUT2D eigenvalue weighted by Gasteiger charge is -2.24. The van der Waals surface area contributed by atoms with Gasteiger partial charge in [0.2, 0.25) is 0 Å². The summed E-state index contributed by atoms with van der Waals surface area (Å²) in [5.74, 6) is 0. The summed E-state index contributed by atoms with van der Waals surface area (Å²) in [5, 5.41) is 0. The Bertz CT molecular complexity index is 481. The first kappa shape index (κ1) is 10.6. The maximum atomic E-state index is 10.9. The fourth-order valence-electron chi connectivity index (χ4n) is 1.68. The van der Waals surface area contributed by atoms with E-state index in [-0.39, 0.29) is 4.90 Å². The average molecular weight is 226 g/mol. The summed E-state index contributed by atoms with van der Waals surface area (Å²) in [6.07, 6.45) is 0.897. The van der Waals surface area contributed by atoms with Crippen LogP contribution in [0, 0.1) is 6.54 Å². The third-order valence-electron chi connectivity index (χ3n) is 2.51. The van der Waals surface area contributed by atoms with E-state index in [2.05, 4.69) is 0 Å². The molecule has 1 aliphatic heterocycles. The van der Waals surface area contributed by atoms with Crippen LogP contribution in [-0.2, 0) is 16.5 Å². The number of hydrogen-bond acceptors (Lipinski definition) is 3. The average Bonchev–Trinajstić information content (AvgIpc) is 2.15. The van der Waals surface area contributed by atoms with Gasteiger partial charge in [0.1, 0.15) is 0 Å². The minimum absolute atomic E-state index is 0.0483. The van der Waals surface area contributed by atoms with Gasteiger partial charge in [-0.1, -0.05) is 6.07 Å². The minimum Gasteiger partial charge on any atom is -0.297 e. The van der Waals surface area contributed by atoms with Gasteiger partial charge in [-0.2, -0.15) is 8.42 Å². The summed E-state index contributed by atoms with van der Waals surface area (Å²) < 4.78 is 30.8. The van der Waals surface area contributed by atoms with Gasteiger partial charge in [0.25, 0.3) is 10.1 Å². The lowest BCUT2D eigenvalue weighted by atomic mass is 10.0. The van der Waals surface area contributed by atoms with Gasteiger partial charge in [0.15, 0.2) is 0 Å². The van der Waals surface area contributed by atoms with Crippen molar-refractivity contribution >= 4 is 10.1 Å². The van der Waals surface area contributed by atoms with Gasteiger partial charge in [-0.15, -0.1) is 0 Å². The van der Waals surface area contributed by atoms with E-state index >= 15 is 0 Å². The minimum atomic E-state index is -4.09. The van der Waals surface area contributed by atoms with E-state index in [9.17, 15) is 8.42 Å².